The lowest BCUT2D eigenvalue weighted by Gasteiger charge is -2.13. The molecule has 0 unspecified atom stereocenters. The Morgan fingerprint density at radius 1 is 1.32 bits per heavy atom. The molecule has 1 aliphatic heterocycles. The molecular weight excluding hydrogens is 274 g/mol. The van der Waals surface area contributed by atoms with E-state index in [0.717, 1.165) is 36.4 Å². The van der Waals surface area contributed by atoms with Crippen molar-refractivity contribution >= 4 is 16.8 Å². The second kappa shape index (κ2) is 5.76. The van der Waals surface area contributed by atoms with Gasteiger partial charge in [0, 0.05) is 25.5 Å². The van der Waals surface area contributed by atoms with Crippen molar-refractivity contribution in [1.82, 2.24) is 14.8 Å². The molecule has 0 aliphatic carbocycles. The third-order valence-corrected chi connectivity index (χ3v) is 4.92. The maximum atomic E-state index is 12.7. The zero-order valence-corrected chi connectivity index (χ0v) is 13.9. The number of carbonyl (C=O) groups is 1. The van der Waals surface area contributed by atoms with Gasteiger partial charge in [-0.3, -0.25) is 4.79 Å². The Morgan fingerprint density at radius 3 is 2.73 bits per heavy atom. The molecule has 0 bridgehead atoms. The number of aromatic nitrogens is 1. The normalized spacial score (nSPS) is 19.0. The number of para-hydroxylation sites is 1. The fraction of sp³-hybridized carbons (Fsp3) is 0.500. The Labute approximate surface area is 132 Å². The molecule has 22 heavy (non-hydrogen) atoms. The standard InChI is InChI=1S/C18H25N3O/c1-12-6-5-7-15-13(2)17(21(4)16(12)15)18(22)19-10-14-8-9-20(3)11-14/h5-7,14H,8-11H2,1-4H3,(H,19,22)/t14-/m0/s1. The number of nitrogens with zero attached hydrogens (tertiary/aromatic N) is 2. The average Bonchev–Trinajstić information content (AvgIpc) is 3.00. The minimum Gasteiger partial charge on any atom is -0.350 e. The molecule has 1 aromatic heterocycles. The Morgan fingerprint density at radius 2 is 2.09 bits per heavy atom. The van der Waals surface area contributed by atoms with E-state index in [2.05, 4.69) is 42.4 Å². The minimum absolute atomic E-state index is 0.0464. The van der Waals surface area contributed by atoms with E-state index >= 15 is 0 Å². The molecule has 2 aromatic rings. The minimum atomic E-state index is 0.0464. The predicted molar refractivity (Wildman–Crippen MR) is 90.3 cm³/mol. The molecule has 4 nitrogen and oxygen atoms in total. The third kappa shape index (κ3) is 2.52. The molecule has 1 N–H and O–H groups in total. The molecule has 0 saturated carbocycles. The summed E-state index contributed by atoms with van der Waals surface area (Å²) in [5, 5.41) is 4.31. The average molecular weight is 299 g/mol. The summed E-state index contributed by atoms with van der Waals surface area (Å²) in [5.74, 6) is 0.621. The highest BCUT2D eigenvalue weighted by atomic mass is 16.1. The van der Waals surface area contributed by atoms with E-state index < -0.39 is 0 Å². The molecule has 0 spiro atoms. The number of carbonyl (C=O) groups excluding carboxylic acids is 1. The van der Waals surface area contributed by atoms with Gasteiger partial charge in [-0.1, -0.05) is 18.2 Å². The van der Waals surface area contributed by atoms with Crippen molar-refractivity contribution < 1.29 is 4.79 Å². The van der Waals surface area contributed by atoms with Gasteiger partial charge in [0.25, 0.3) is 5.91 Å². The first-order chi connectivity index (χ1) is 10.5. The highest BCUT2D eigenvalue weighted by Gasteiger charge is 2.22. The van der Waals surface area contributed by atoms with Gasteiger partial charge >= 0.3 is 0 Å². The van der Waals surface area contributed by atoms with Crippen LogP contribution in [0, 0.1) is 19.8 Å². The van der Waals surface area contributed by atoms with Crippen LogP contribution in [0.4, 0.5) is 0 Å². The molecule has 1 atom stereocenters. The molecule has 3 rings (SSSR count). The first kappa shape index (κ1) is 15.1. The molecule has 1 fully saturated rings. The Balaban J connectivity index is 1.83. The number of fused-ring (bicyclic) bond motifs is 1. The fourth-order valence-corrected chi connectivity index (χ4v) is 3.73. The van der Waals surface area contributed by atoms with Gasteiger partial charge in [0.1, 0.15) is 5.69 Å². The van der Waals surface area contributed by atoms with E-state index in [9.17, 15) is 4.79 Å². The van der Waals surface area contributed by atoms with Crippen LogP contribution in [0.1, 0.15) is 28.0 Å². The zero-order chi connectivity index (χ0) is 15.9. The number of rotatable bonds is 3. The van der Waals surface area contributed by atoms with Crippen LogP contribution < -0.4 is 5.32 Å². The second-order valence-corrected chi connectivity index (χ2v) is 6.63. The maximum absolute atomic E-state index is 12.7. The van der Waals surface area contributed by atoms with Crippen LogP contribution >= 0.6 is 0 Å². The number of amides is 1. The number of likely N-dealkylation sites (tertiary alicyclic amines) is 1. The lowest BCUT2D eigenvalue weighted by molar-refractivity contribution is 0.0939. The van der Waals surface area contributed by atoms with Crippen LogP contribution in [0.15, 0.2) is 18.2 Å². The van der Waals surface area contributed by atoms with E-state index in [4.69, 9.17) is 0 Å². The number of nitrogens with one attached hydrogen (secondary N) is 1. The Hall–Kier alpha value is -1.81. The smallest absolute Gasteiger partial charge is 0.268 e. The van der Waals surface area contributed by atoms with Crippen molar-refractivity contribution in [2.45, 2.75) is 20.3 Å². The molecule has 1 saturated heterocycles. The van der Waals surface area contributed by atoms with Crippen molar-refractivity contribution in [3.63, 3.8) is 0 Å². The summed E-state index contributed by atoms with van der Waals surface area (Å²) in [6.45, 7) is 7.11. The summed E-state index contributed by atoms with van der Waals surface area (Å²) in [4.78, 5) is 15.0. The third-order valence-electron chi connectivity index (χ3n) is 4.92. The lowest BCUT2D eigenvalue weighted by Crippen LogP contribution is -2.32. The summed E-state index contributed by atoms with van der Waals surface area (Å²) < 4.78 is 2.04. The van der Waals surface area contributed by atoms with Crippen LogP contribution in [0.25, 0.3) is 10.9 Å². The van der Waals surface area contributed by atoms with E-state index in [1.807, 2.05) is 18.5 Å². The van der Waals surface area contributed by atoms with Gasteiger partial charge in [0.05, 0.1) is 5.52 Å². The van der Waals surface area contributed by atoms with Crippen molar-refractivity contribution in [3.8, 4) is 0 Å². The summed E-state index contributed by atoms with van der Waals surface area (Å²) >= 11 is 0. The lowest BCUT2D eigenvalue weighted by atomic mass is 10.1. The monoisotopic (exact) mass is 299 g/mol. The highest BCUT2D eigenvalue weighted by molar-refractivity contribution is 6.02. The van der Waals surface area contributed by atoms with Gasteiger partial charge < -0.3 is 14.8 Å². The summed E-state index contributed by atoms with van der Waals surface area (Å²) in [6.07, 6.45) is 1.17. The second-order valence-electron chi connectivity index (χ2n) is 6.63. The van der Waals surface area contributed by atoms with Gasteiger partial charge in [-0.05, 0) is 50.9 Å². The molecule has 0 radical (unpaired) electrons. The number of hydrogen-bond acceptors (Lipinski definition) is 2. The number of hydrogen-bond donors (Lipinski definition) is 1. The molecule has 118 valence electrons. The largest absolute Gasteiger partial charge is 0.350 e. The first-order valence-corrected chi connectivity index (χ1v) is 8.00. The first-order valence-electron chi connectivity index (χ1n) is 8.00. The highest BCUT2D eigenvalue weighted by Crippen LogP contribution is 2.27. The van der Waals surface area contributed by atoms with Crippen molar-refractivity contribution in [1.29, 1.82) is 0 Å². The quantitative estimate of drug-likeness (QED) is 0.945. The van der Waals surface area contributed by atoms with Crippen molar-refractivity contribution in [2.75, 3.05) is 26.7 Å². The summed E-state index contributed by atoms with van der Waals surface area (Å²) in [7, 11) is 4.12. The van der Waals surface area contributed by atoms with Crippen LogP contribution in [0.2, 0.25) is 0 Å². The van der Waals surface area contributed by atoms with E-state index in [0.29, 0.717) is 5.92 Å². The van der Waals surface area contributed by atoms with Crippen LogP contribution in [-0.2, 0) is 7.05 Å². The molecule has 1 aliphatic rings. The topological polar surface area (TPSA) is 37.3 Å². The van der Waals surface area contributed by atoms with Gasteiger partial charge in [0.2, 0.25) is 0 Å². The fourth-order valence-electron chi connectivity index (χ4n) is 3.73. The van der Waals surface area contributed by atoms with Crippen LogP contribution in [0.5, 0.6) is 0 Å². The van der Waals surface area contributed by atoms with Crippen LogP contribution in [0.3, 0.4) is 0 Å². The summed E-state index contributed by atoms with van der Waals surface area (Å²) in [6, 6.07) is 6.25. The van der Waals surface area contributed by atoms with E-state index in [1.165, 1.54) is 17.4 Å². The van der Waals surface area contributed by atoms with Crippen LogP contribution in [-0.4, -0.2) is 42.1 Å². The SMILES string of the molecule is Cc1c(C(=O)NC[C@@H]2CCN(C)C2)n(C)c2c(C)cccc12. The Bertz CT molecular complexity index is 717. The maximum Gasteiger partial charge on any atom is 0.268 e. The molecule has 2 heterocycles. The molecule has 4 heteroatoms. The predicted octanol–water partition coefficient (Wildman–Crippen LogP) is 2.48. The molecule has 1 amide bonds. The van der Waals surface area contributed by atoms with E-state index in [1.54, 1.807) is 0 Å². The summed E-state index contributed by atoms with van der Waals surface area (Å²) in [5.41, 5.74) is 4.23. The van der Waals surface area contributed by atoms with Gasteiger partial charge in [0.15, 0.2) is 0 Å². The molecular formula is C18H25N3O. The van der Waals surface area contributed by atoms with E-state index in [-0.39, 0.29) is 5.91 Å². The van der Waals surface area contributed by atoms with Crippen molar-refractivity contribution in [3.05, 3.63) is 35.0 Å². The van der Waals surface area contributed by atoms with Gasteiger partial charge in [-0.15, -0.1) is 0 Å². The Kier molecular flexibility index (Phi) is 3.96. The van der Waals surface area contributed by atoms with Gasteiger partial charge in [-0.2, -0.15) is 0 Å². The molecule has 1 aromatic carbocycles. The number of aryl methyl sites for hydroxylation is 3. The zero-order valence-electron chi connectivity index (χ0n) is 13.9. The number of benzene rings is 1. The van der Waals surface area contributed by atoms with Crippen molar-refractivity contribution in [2.24, 2.45) is 13.0 Å². The van der Waals surface area contributed by atoms with Gasteiger partial charge in [-0.25, -0.2) is 0 Å².